The Bertz CT molecular complexity index is 1640. The number of carbonyl (C=O) groups excluding carboxylic acids is 1. The van der Waals surface area contributed by atoms with Crippen LogP contribution in [0.2, 0.25) is 5.02 Å². The molecule has 0 radical (unpaired) electrons. The molecule has 0 aromatic heterocycles. The van der Waals surface area contributed by atoms with Crippen molar-refractivity contribution in [3.05, 3.63) is 64.7 Å². The molecule has 2 aromatic rings. The predicted octanol–water partition coefficient (Wildman–Crippen LogP) is 5.60. The van der Waals surface area contributed by atoms with E-state index in [9.17, 15) is 17.6 Å². The highest BCUT2D eigenvalue weighted by Crippen LogP contribution is 2.42. The number of amides is 1. The van der Waals surface area contributed by atoms with Crippen molar-refractivity contribution in [1.82, 2.24) is 14.5 Å². The van der Waals surface area contributed by atoms with Gasteiger partial charge >= 0.3 is 0 Å². The van der Waals surface area contributed by atoms with Crippen molar-refractivity contribution in [1.29, 1.82) is 0 Å². The molecule has 3 heterocycles. The first-order valence-corrected chi connectivity index (χ1v) is 19.5. The average molecular weight is 717 g/mol. The van der Waals surface area contributed by atoms with Gasteiger partial charge in [-0.05, 0) is 113 Å². The maximum Gasteiger partial charge on any atom is 0.264 e. The minimum Gasteiger partial charge on any atom is -0.487 e. The number of anilines is 1. The van der Waals surface area contributed by atoms with Crippen molar-refractivity contribution in [3.8, 4) is 5.75 Å². The van der Waals surface area contributed by atoms with Crippen LogP contribution in [0.15, 0.2) is 53.4 Å². The number of alkyl halides is 1. The van der Waals surface area contributed by atoms with E-state index in [2.05, 4.69) is 20.6 Å². The number of sulfonamides is 1. The zero-order valence-electron chi connectivity index (χ0n) is 28.9. The number of hydrogen-bond acceptors (Lipinski definition) is 8. The first-order chi connectivity index (χ1) is 23.4. The van der Waals surface area contributed by atoms with Crippen molar-refractivity contribution < 1.29 is 27.1 Å². The number of halogens is 2. The van der Waals surface area contributed by atoms with E-state index in [0.717, 1.165) is 49.8 Å². The van der Waals surface area contributed by atoms with Crippen molar-refractivity contribution in [2.45, 2.75) is 81.7 Å². The molecular weight excluding hydrogens is 667 g/mol. The van der Waals surface area contributed by atoms with Gasteiger partial charge in [0, 0.05) is 44.3 Å². The van der Waals surface area contributed by atoms with Crippen LogP contribution in [0, 0.1) is 11.8 Å². The van der Waals surface area contributed by atoms with Crippen LogP contribution in [0.4, 0.5) is 10.1 Å². The van der Waals surface area contributed by atoms with Gasteiger partial charge in [0.25, 0.3) is 15.9 Å². The lowest BCUT2D eigenvalue weighted by Crippen LogP contribution is -2.54. The smallest absolute Gasteiger partial charge is 0.264 e. The van der Waals surface area contributed by atoms with Gasteiger partial charge in [-0.2, -0.15) is 0 Å². The summed E-state index contributed by atoms with van der Waals surface area (Å²) >= 11 is 6.36. The summed E-state index contributed by atoms with van der Waals surface area (Å²) in [4.78, 5) is 19.8. The van der Waals surface area contributed by atoms with Gasteiger partial charge in [0.05, 0.1) is 28.8 Å². The van der Waals surface area contributed by atoms with Crippen molar-refractivity contribution in [2.24, 2.45) is 11.8 Å². The molecule has 3 aliphatic heterocycles. The Morgan fingerprint density at radius 3 is 2.65 bits per heavy atom. The number of rotatable bonds is 4. The summed E-state index contributed by atoms with van der Waals surface area (Å²) in [7, 11) is -2.37. The van der Waals surface area contributed by atoms with Gasteiger partial charge in [-0.1, -0.05) is 29.8 Å². The molecule has 49 heavy (non-hydrogen) atoms. The summed E-state index contributed by atoms with van der Waals surface area (Å²) in [5, 5.41) is 0.694. The number of likely N-dealkylation sites (tertiary alicyclic amines) is 1. The largest absolute Gasteiger partial charge is 0.487 e. The van der Waals surface area contributed by atoms with Crippen LogP contribution < -0.4 is 14.4 Å². The molecule has 4 aliphatic rings. The molecule has 0 spiro atoms. The van der Waals surface area contributed by atoms with E-state index >= 15 is 0 Å². The molecule has 1 saturated carbocycles. The molecular formula is C37H50ClFN4O5S. The second-order valence-corrected chi connectivity index (χ2v) is 16.7. The van der Waals surface area contributed by atoms with Crippen molar-refractivity contribution in [2.75, 3.05) is 57.8 Å². The van der Waals surface area contributed by atoms with E-state index in [0.29, 0.717) is 74.7 Å². The van der Waals surface area contributed by atoms with Crippen LogP contribution in [0.1, 0.15) is 57.1 Å². The number of ether oxygens (including phenoxy) is 2. The molecule has 268 valence electrons. The molecule has 6 rings (SSSR count). The fourth-order valence-electron chi connectivity index (χ4n) is 7.31. The van der Waals surface area contributed by atoms with E-state index in [1.807, 2.05) is 36.2 Å². The number of nitrogens with zero attached hydrogens (tertiary/aromatic N) is 3. The number of fused-ring (bicyclic) bond motifs is 3. The van der Waals surface area contributed by atoms with Gasteiger partial charge < -0.3 is 14.4 Å². The molecule has 0 unspecified atom stereocenters. The fourth-order valence-corrected chi connectivity index (χ4v) is 8.63. The lowest BCUT2D eigenvalue weighted by Gasteiger charge is -2.44. The number of benzene rings is 2. The third kappa shape index (κ3) is 8.44. The van der Waals surface area contributed by atoms with Crippen LogP contribution in [-0.2, 0) is 32.6 Å². The van der Waals surface area contributed by atoms with Crippen LogP contribution in [-0.4, -0.2) is 94.9 Å². The Balaban J connectivity index is 1.34. The van der Waals surface area contributed by atoms with Gasteiger partial charge in [-0.3, -0.25) is 14.6 Å². The summed E-state index contributed by atoms with van der Waals surface area (Å²) in [5.74, 6) is 0.556. The number of likely N-dealkylation sites (N-methyl/N-ethyl adjacent to an activating group) is 1. The van der Waals surface area contributed by atoms with Gasteiger partial charge in [-0.25, -0.2) is 17.5 Å². The molecule has 1 N–H and O–H groups in total. The third-order valence-corrected chi connectivity index (χ3v) is 12.5. The van der Waals surface area contributed by atoms with Gasteiger partial charge in [0.1, 0.15) is 18.5 Å². The Labute approximate surface area is 295 Å². The Morgan fingerprint density at radius 2 is 1.90 bits per heavy atom. The zero-order valence-corrected chi connectivity index (χ0v) is 30.4. The first-order valence-electron chi connectivity index (χ1n) is 17.6. The highest BCUT2D eigenvalue weighted by atomic mass is 35.5. The molecule has 2 fully saturated rings. The summed E-state index contributed by atoms with van der Waals surface area (Å²) < 4.78 is 56.6. The molecule has 1 saturated heterocycles. The number of nitrogens with one attached hydrogen (secondary N) is 1. The number of carbonyl (C=O) groups is 1. The average Bonchev–Trinajstić information content (AvgIpc) is 3.45. The molecule has 4 atom stereocenters. The van der Waals surface area contributed by atoms with Crippen molar-refractivity contribution in [3.63, 3.8) is 0 Å². The topological polar surface area (TPSA) is 91.4 Å². The standard InChI is InChI=1S/C37H50ClFN4O5S/c1-37(2)36(44)40-49(45,46)31-12-14-35-33(22-31)43(17-5-4-7-26-21-29(38)11-9-28(26)25-48-35)23-27-10-13-32(27)34(8-6-16-41(37)3)47-20-19-42-18-15-30(39)24-42/h6,8-9,11-12,14,21-22,27,30,32,34H,4-5,7,10,13,15-20,23-25H2,1-3H3,(H,40,44)/b8-6+/t27-,30+,32+,34-/m0/s1. The minimum absolute atomic E-state index is 0.0181. The van der Waals surface area contributed by atoms with Crippen molar-refractivity contribution >= 4 is 33.2 Å². The van der Waals surface area contributed by atoms with Crippen LogP contribution in [0.5, 0.6) is 5.75 Å². The summed E-state index contributed by atoms with van der Waals surface area (Å²) in [6.07, 6.45) is 8.56. The Kier molecular flexibility index (Phi) is 11.3. The number of aryl methyl sites for hydroxylation is 1. The van der Waals surface area contributed by atoms with E-state index in [1.165, 1.54) is 6.07 Å². The van der Waals surface area contributed by atoms with Gasteiger partial charge in [0.2, 0.25) is 0 Å². The second kappa shape index (κ2) is 15.3. The highest BCUT2D eigenvalue weighted by Gasteiger charge is 2.39. The molecule has 12 heteroatoms. The normalized spacial score (nSPS) is 28.6. The molecule has 1 amide bonds. The van der Waals surface area contributed by atoms with E-state index in [1.54, 1.807) is 26.0 Å². The highest BCUT2D eigenvalue weighted by molar-refractivity contribution is 7.90. The first kappa shape index (κ1) is 36.1. The molecule has 9 nitrogen and oxygen atoms in total. The van der Waals surface area contributed by atoms with E-state index in [4.69, 9.17) is 21.1 Å². The van der Waals surface area contributed by atoms with Crippen LogP contribution in [0.25, 0.3) is 0 Å². The SMILES string of the molecule is CN1C/C=C/[C@H](OCCN2CC[C@@H](F)C2)[C@@H]2CC[C@H]2CN2CCCCc3cc(Cl)ccc3COc3ccc(cc32)S(=O)(=O)NC(=O)C1(C)C. The Hall–Kier alpha value is -2.70. The zero-order chi connectivity index (χ0) is 34.8. The fraction of sp³-hybridized carbons (Fsp3) is 0.595. The maximum atomic E-state index is 13.8. The van der Waals surface area contributed by atoms with E-state index in [-0.39, 0.29) is 16.9 Å². The molecule has 2 bridgehead atoms. The quantitative estimate of drug-likeness (QED) is 0.409. The lowest BCUT2D eigenvalue weighted by atomic mass is 9.70. The monoisotopic (exact) mass is 716 g/mol. The Morgan fingerprint density at radius 1 is 1.06 bits per heavy atom. The van der Waals surface area contributed by atoms with Gasteiger partial charge in [-0.15, -0.1) is 0 Å². The summed E-state index contributed by atoms with van der Waals surface area (Å²) in [6, 6.07) is 10.8. The molecule has 2 aromatic carbocycles. The molecule has 1 aliphatic carbocycles. The van der Waals surface area contributed by atoms with Crippen LogP contribution in [0.3, 0.4) is 0 Å². The second-order valence-electron chi connectivity index (χ2n) is 14.6. The van der Waals surface area contributed by atoms with Crippen LogP contribution >= 0.6 is 11.6 Å². The number of hydrogen-bond donors (Lipinski definition) is 1. The third-order valence-electron chi connectivity index (χ3n) is 11.0. The van der Waals surface area contributed by atoms with Gasteiger partial charge in [0.15, 0.2) is 0 Å². The van der Waals surface area contributed by atoms with E-state index < -0.39 is 27.6 Å². The predicted molar refractivity (Wildman–Crippen MR) is 190 cm³/mol. The maximum absolute atomic E-state index is 13.8. The lowest BCUT2D eigenvalue weighted by molar-refractivity contribution is -0.128. The minimum atomic E-state index is -4.18. The summed E-state index contributed by atoms with van der Waals surface area (Å²) in [6.45, 7) is 8.04. The summed E-state index contributed by atoms with van der Waals surface area (Å²) in [5.41, 5.74) is 1.79.